The van der Waals surface area contributed by atoms with Crippen molar-refractivity contribution in [1.29, 1.82) is 0 Å². The predicted molar refractivity (Wildman–Crippen MR) is 74.9 cm³/mol. The third-order valence-electron chi connectivity index (χ3n) is 3.09. The smallest absolute Gasteiger partial charge is 0.265 e. The third kappa shape index (κ3) is 2.75. The minimum absolute atomic E-state index is 0.114. The summed E-state index contributed by atoms with van der Waals surface area (Å²) in [6, 6.07) is 0.529. The van der Waals surface area contributed by atoms with Gasteiger partial charge in [-0.3, -0.25) is 4.79 Å². The minimum atomic E-state index is -0.114. The van der Waals surface area contributed by atoms with Crippen molar-refractivity contribution in [3.63, 3.8) is 0 Å². The normalized spacial score (nSPS) is 20.8. The second-order valence-electron chi connectivity index (χ2n) is 5.75. The van der Waals surface area contributed by atoms with Gasteiger partial charge in [0.1, 0.15) is 10.7 Å². The molecule has 0 aliphatic heterocycles. The van der Waals surface area contributed by atoms with Gasteiger partial charge in [-0.05, 0) is 25.7 Å². The Labute approximate surface area is 111 Å². The molecule has 0 saturated heterocycles. The Bertz CT molecular complexity index is 467. The summed E-state index contributed by atoms with van der Waals surface area (Å²) in [5.74, 6) is 0.191. The summed E-state index contributed by atoms with van der Waals surface area (Å²) < 4.78 is 0. The quantitative estimate of drug-likeness (QED) is 0.781. The molecule has 1 unspecified atom stereocenters. The molecule has 1 fully saturated rings. The first kappa shape index (κ1) is 13.1. The Kier molecular flexibility index (Phi) is 3.23. The van der Waals surface area contributed by atoms with Crippen LogP contribution in [0.25, 0.3) is 0 Å². The monoisotopic (exact) mass is 268 g/mol. The van der Waals surface area contributed by atoms with Crippen molar-refractivity contribution in [3.05, 3.63) is 4.88 Å². The molecule has 1 aromatic heterocycles. The van der Waals surface area contributed by atoms with E-state index >= 15 is 0 Å². The summed E-state index contributed by atoms with van der Waals surface area (Å²) in [6.45, 7) is 8.31. The highest BCUT2D eigenvalue weighted by Gasteiger charge is 2.46. The van der Waals surface area contributed by atoms with Gasteiger partial charge in [0.25, 0.3) is 5.91 Å². The average Bonchev–Trinajstić information content (AvgIpc) is 2.65. The Balaban J connectivity index is 2.04. The molecule has 1 atom stereocenters. The van der Waals surface area contributed by atoms with E-state index in [4.69, 9.17) is 5.73 Å². The highest BCUT2D eigenvalue weighted by atomic mass is 32.1. The van der Waals surface area contributed by atoms with Crippen LogP contribution in [0.1, 0.15) is 43.8 Å². The lowest BCUT2D eigenvalue weighted by Crippen LogP contribution is -2.28. The number of nitrogens with two attached hydrogens (primary N) is 1. The molecule has 0 radical (unpaired) electrons. The summed E-state index contributed by atoms with van der Waals surface area (Å²) in [5.41, 5.74) is 6.00. The van der Waals surface area contributed by atoms with E-state index in [0.29, 0.717) is 15.8 Å². The van der Waals surface area contributed by atoms with Crippen LogP contribution < -0.4 is 16.4 Å². The minimum Gasteiger partial charge on any atom is -0.382 e. The van der Waals surface area contributed by atoms with E-state index in [1.54, 1.807) is 0 Å². The first-order chi connectivity index (χ1) is 8.29. The Morgan fingerprint density at radius 2 is 2.17 bits per heavy atom. The van der Waals surface area contributed by atoms with Crippen LogP contribution in [0.4, 0.5) is 10.9 Å². The zero-order valence-corrected chi connectivity index (χ0v) is 12.0. The zero-order valence-electron chi connectivity index (χ0n) is 11.2. The van der Waals surface area contributed by atoms with Crippen LogP contribution in [-0.2, 0) is 0 Å². The molecule has 1 amide bonds. The lowest BCUT2D eigenvalue weighted by atomic mass is 10.2. The van der Waals surface area contributed by atoms with Gasteiger partial charge in [-0.25, -0.2) is 4.98 Å². The van der Waals surface area contributed by atoms with Gasteiger partial charge in [-0.1, -0.05) is 25.2 Å². The molecule has 100 valence electrons. The van der Waals surface area contributed by atoms with Crippen LogP contribution in [0, 0.1) is 5.41 Å². The summed E-state index contributed by atoms with van der Waals surface area (Å²) in [4.78, 5) is 16.7. The van der Waals surface area contributed by atoms with Gasteiger partial charge < -0.3 is 16.4 Å². The first-order valence-corrected chi connectivity index (χ1v) is 6.95. The number of nitrogen functional groups attached to an aromatic ring is 1. The zero-order chi connectivity index (χ0) is 13.5. The highest BCUT2D eigenvalue weighted by molar-refractivity contribution is 7.18. The van der Waals surface area contributed by atoms with Crippen LogP contribution in [0.2, 0.25) is 0 Å². The van der Waals surface area contributed by atoms with E-state index in [9.17, 15) is 4.79 Å². The van der Waals surface area contributed by atoms with Crippen molar-refractivity contribution >= 4 is 28.2 Å². The third-order valence-corrected chi connectivity index (χ3v) is 4.09. The number of hydrogen-bond donors (Lipinski definition) is 3. The van der Waals surface area contributed by atoms with Crippen LogP contribution in [0.3, 0.4) is 0 Å². The van der Waals surface area contributed by atoms with Gasteiger partial charge in [-0.15, -0.1) is 0 Å². The first-order valence-electron chi connectivity index (χ1n) is 6.13. The Morgan fingerprint density at radius 1 is 1.56 bits per heavy atom. The van der Waals surface area contributed by atoms with Crippen LogP contribution in [-0.4, -0.2) is 23.0 Å². The van der Waals surface area contributed by atoms with E-state index in [1.807, 2.05) is 13.8 Å². The largest absolute Gasteiger partial charge is 0.382 e. The highest BCUT2D eigenvalue weighted by Crippen LogP contribution is 2.44. The molecule has 1 heterocycles. The van der Waals surface area contributed by atoms with Crippen molar-refractivity contribution < 1.29 is 4.79 Å². The van der Waals surface area contributed by atoms with Crippen molar-refractivity contribution in [2.24, 2.45) is 5.41 Å². The fourth-order valence-corrected chi connectivity index (χ4v) is 2.67. The fourth-order valence-electron chi connectivity index (χ4n) is 1.74. The molecule has 1 aliphatic rings. The topological polar surface area (TPSA) is 80.0 Å². The van der Waals surface area contributed by atoms with Gasteiger partial charge in [0.05, 0.1) is 0 Å². The molecule has 4 N–H and O–H groups in total. The van der Waals surface area contributed by atoms with E-state index in [-0.39, 0.29) is 23.4 Å². The van der Waals surface area contributed by atoms with E-state index in [0.717, 1.165) is 6.42 Å². The molecule has 2 rings (SSSR count). The number of carbonyl (C=O) groups is 1. The Morgan fingerprint density at radius 3 is 2.67 bits per heavy atom. The predicted octanol–water partition coefficient (Wildman–Crippen LogP) is 2.07. The maximum Gasteiger partial charge on any atom is 0.265 e. The number of carbonyl (C=O) groups excluding carboxylic acids is 1. The number of amides is 1. The van der Waals surface area contributed by atoms with Crippen molar-refractivity contribution in [2.75, 3.05) is 11.1 Å². The summed E-state index contributed by atoms with van der Waals surface area (Å²) in [7, 11) is 0. The van der Waals surface area contributed by atoms with Crippen LogP contribution in [0.5, 0.6) is 0 Å². The Hall–Kier alpha value is -1.30. The molecule has 0 bridgehead atoms. The van der Waals surface area contributed by atoms with Gasteiger partial charge in [-0.2, -0.15) is 0 Å². The summed E-state index contributed by atoms with van der Waals surface area (Å²) in [6.07, 6.45) is 1.02. The van der Waals surface area contributed by atoms with Gasteiger partial charge in [0, 0.05) is 12.1 Å². The lowest BCUT2D eigenvalue weighted by Gasteiger charge is -2.05. The second kappa shape index (κ2) is 4.42. The molecule has 5 nitrogen and oxygen atoms in total. The van der Waals surface area contributed by atoms with E-state index in [1.165, 1.54) is 11.3 Å². The molecule has 6 heteroatoms. The fraction of sp³-hybridized carbons (Fsp3) is 0.667. The maximum atomic E-state index is 12.1. The van der Waals surface area contributed by atoms with E-state index < -0.39 is 0 Å². The number of aromatic nitrogens is 1. The van der Waals surface area contributed by atoms with Crippen LogP contribution >= 0.6 is 11.3 Å². The molecule has 1 aromatic rings. The van der Waals surface area contributed by atoms with Crippen molar-refractivity contribution in [3.8, 4) is 0 Å². The van der Waals surface area contributed by atoms with Gasteiger partial charge in [0.15, 0.2) is 5.13 Å². The van der Waals surface area contributed by atoms with Crippen molar-refractivity contribution in [2.45, 2.75) is 46.2 Å². The molecule has 0 spiro atoms. The SMILES string of the molecule is CC(C)Nc1nc(N)c(C(=O)NC2CC2(C)C)s1. The molecule has 0 aromatic carbocycles. The standard InChI is InChI=1S/C12H20N4OS/c1-6(2)14-11-16-9(13)8(18-11)10(17)15-7-5-12(7,3)4/h6-7H,5,13H2,1-4H3,(H,14,16)(H,15,17). The average molecular weight is 268 g/mol. The number of hydrogen-bond acceptors (Lipinski definition) is 5. The molecule has 1 saturated carbocycles. The molecular weight excluding hydrogens is 248 g/mol. The molecule has 18 heavy (non-hydrogen) atoms. The lowest BCUT2D eigenvalue weighted by molar-refractivity contribution is 0.0951. The summed E-state index contributed by atoms with van der Waals surface area (Å²) in [5, 5.41) is 6.84. The number of nitrogens with zero attached hydrogens (tertiary/aromatic N) is 1. The van der Waals surface area contributed by atoms with Gasteiger partial charge in [0.2, 0.25) is 0 Å². The van der Waals surface area contributed by atoms with Crippen molar-refractivity contribution in [1.82, 2.24) is 10.3 Å². The number of rotatable bonds is 4. The van der Waals surface area contributed by atoms with E-state index in [2.05, 4.69) is 29.5 Å². The second-order valence-corrected chi connectivity index (χ2v) is 6.75. The number of anilines is 2. The van der Waals surface area contributed by atoms with Crippen LogP contribution in [0.15, 0.2) is 0 Å². The number of thiazole rings is 1. The number of nitrogens with one attached hydrogen (secondary N) is 2. The maximum absolute atomic E-state index is 12.1. The molecule has 1 aliphatic carbocycles. The van der Waals surface area contributed by atoms with Gasteiger partial charge >= 0.3 is 0 Å². The molecular formula is C12H20N4OS. The summed E-state index contributed by atoms with van der Waals surface area (Å²) >= 11 is 1.31.